The molecule has 0 fully saturated rings. The van der Waals surface area contributed by atoms with Crippen molar-refractivity contribution in [2.75, 3.05) is 12.5 Å². The second-order valence-electron chi connectivity index (χ2n) is 1.25. The highest BCUT2D eigenvalue weighted by atomic mass is 35.5. The predicted molar refractivity (Wildman–Crippen MR) is 35.8 cm³/mol. The van der Waals surface area contributed by atoms with Crippen molar-refractivity contribution in [1.82, 2.24) is 0 Å². The second-order valence-corrected chi connectivity index (χ2v) is 1.56. The van der Waals surface area contributed by atoms with Crippen LogP contribution < -0.4 is 0 Å². The molecule has 0 saturated carbocycles. The molecule has 47 valence electrons. The SMILES string of the molecule is [CH2]CCO/C=C\CCl. The average Bonchev–Trinajstić information content (AvgIpc) is 1.81. The largest absolute Gasteiger partial charge is 0.501 e. The molecular weight excluding hydrogens is 124 g/mol. The summed E-state index contributed by atoms with van der Waals surface area (Å²) in [4.78, 5) is 0. The van der Waals surface area contributed by atoms with Gasteiger partial charge in [-0.2, -0.15) is 0 Å². The number of hydrogen-bond acceptors (Lipinski definition) is 1. The standard InChI is InChI=1S/C6H10ClO/c1-2-5-8-6-3-4-7/h3,6H,1-2,4-5H2/b6-3-. The molecule has 0 unspecified atom stereocenters. The number of hydrogen-bond donors (Lipinski definition) is 0. The molecule has 8 heavy (non-hydrogen) atoms. The molecule has 0 aromatic rings. The maximum absolute atomic E-state index is 5.30. The molecule has 0 spiro atoms. The van der Waals surface area contributed by atoms with Crippen molar-refractivity contribution in [2.24, 2.45) is 0 Å². The Morgan fingerprint density at radius 2 is 2.38 bits per heavy atom. The molecule has 1 radical (unpaired) electrons. The summed E-state index contributed by atoms with van der Waals surface area (Å²) in [5.41, 5.74) is 0. The Morgan fingerprint density at radius 1 is 1.62 bits per heavy atom. The van der Waals surface area contributed by atoms with Crippen molar-refractivity contribution in [3.63, 3.8) is 0 Å². The van der Waals surface area contributed by atoms with E-state index in [0.717, 1.165) is 6.42 Å². The van der Waals surface area contributed by atoms with E-state index in [0.29, 0.717) is 12.5 Å². The first-order valence-corrected chi connectivity index (χ1v) is 3.07. The maximum Gasteiger partial charge on any atom is 0.0873 e. The van der Waals surface area contributed by atoms with E-state index < -0.39 is 0 Å². The first kappa shape index (κ1) is 7.83. The molecule has 0 aliphatic rings. The van der Waals surface area contributed by atoms with Gasteiger partial charge < -0.3 is 4.74 Å². The summed E-state index contributed by atoms with van der Waals surface area (Å²) in [6.45, 7) is 4.27. The van der Waals surface area contributed by atoms with Gasteiger partial charge in [-0.15, -0.1) is 11.6 Å². The Labute approximate surface area is 55.3 Å². The fourth-order valence-corrected chi connectivity index (χ4v) is 0.329. The minimum absolute atomic E-state index is 0.511. The summed E-state index contributed by atoms with van der Waals surface area (Å²) >= 11 is 5.30. The third-order valence-electron chi connectivity index (χ3n) is 0.544. The summed E-state index contributed by atoms with van der Waals surface area (Å²) in [5, 5.41) is 0. The van der Waals surface area contributed by atoms with E-state index in [1.165, 1.54) is 0 Å². The summed E-state index contributed by atoms with van der Waals surface area (Å²) in [6, 6.07) is 0. The highest BCUT2D eigenvalue weighted by molar-refractivity contribution is 6.18. The molecule has 0 bridgehead atoms. The van der Waals surface area contributed by atoms with Crippen LogP contribution in [0.3, 0.4) is 0 Å². The van der Waals surface area contributed by atoms with Gasteiger partial charge in [-0.3, -0.25) is 0 Å². The minimum atomic E-state index is 0.511. The van der Waals surface area contributed by atoms with Crippen LogP contribution >= 0.6 is 11.6 Å². The molecule has 0 aliphatic carbocycles. The van der Waals surface area contributed by atoms with Gasteiger partial charge in [0.2, 0.25) is 0 Å². The van der Waals surface area contributed by atoms with Crippen LogP contribution in [0.5, 0.6) is 0 Å². The van der Waals surface area contributed by atoms with Crippen LogP contribution in [-0.4, -0.2) is 12.5 Å². The molecule has 0 rings (SSSR count). The fourth-order valence-electron chi connectivity index (χ4n) is 0.256. The molecule has 0 atom stereocenters. The molecule has 1 nitrogen and oxygen atoms in total. The first-order chi connectivity index (χ1) is 3.91. The van der Waals surface area contributed by atoms with Crippen LogP contribution in [0, 0.1) is 6.92 Å². The monoisotopic (exact) mass is 133 g/mol. The van der Waals surface area contributed by atoms with Crippen LogP contribution in [0.15, 0.2) is 12.3 Å². The maximum atomic E-state index is 5.30. The Balaban J connectivity index is 2.80. The van der Waals surface area contributed by atoms with Gasteiger partial charge in [0.25, 0.3) is 0 Å². The van der Waals surface area contributed by atoms with Crippen LogP contribution in [0.2, 0.25) is 0 Å². The van der Waals surface area contributed by atoms with Gasteiger partial charge in [0.05, 0.1) is 12.9 Å². The van der Waals surface area contributed by atoms with E-state index in [4.69, 9.17) is 16.3 Å². The van der Waals surface area contributed by atoms with Crippen molar-refractivity contribution in [2.45, 2.75) is 6.42 Å². The molecule has 2 heteroatoms. The first-order valence-electron chi connectivity index (χ1n) is 2.53. The summed E-state index contributed by atoms with van der Waals surface area (Å²) in [6.07, 6.45) is 4.14. The van der Waals surface area contributed by atoms with Crippen molar-refractivity contribution in [1.29, 1.82) is 0 Å². The zero-order valence-electron chi connectivity index (χ0n) is 4.77. The number of alkyl halides is 1. The van der Waals surface area contributed by atoms with Crippen LogP contribution in [0.1, 0.15) is 6.42 Å². The number of ether oxygens (including phenoxy) is 1. The normalized spacial score (nSPS) is 10.2. The number of allylic oxidation sites excluding steroid dienone is 1. The van der Waals surface area contributed by atoms with Crippen LogP contribution in [0.4, 0.5) is 0 Å². The lowest BCUT2D eigenvalue weighted by atomic mass is 10.5. The van der Waals surface area contributed by atoms with Gasteiger partial charge in [0.15, 0.2) is 0 Å². The summed E-state index contributed by atoms with van der Waals surface area (Å²) in [5.74, 6) is 0.511. The van der Waals surface area contributed by atoms with E-state index in [1.54, 1.807) is 12.3 Å². The third kappa shape index (κ3) is 5.83. The number of rotatable bonds is 4. The molecule has 0 aromatic heterocycles. The third-order valence-corrected chi connectivity index (χ3v) is 0.722. The second kappa shape index (κ2) is 6.83. The predicted octanol–water partition coefficient (Wildman–Crippen LogP) is 1.98. The highest BCUT2D eigenvalue weighted by Crippen LogP contribution is 1.82. The topological polar surface area (TPSA) is 9.23 Å². The van der Waals surface area contributed by atoms with Crippen LogP contribution in [0.25, 0.3) is 0 Å². The fraction of sp³-hybridized carbons (Fsp3) is 0.500. The molecule has 0 N–H and O–H groups in total. The van der Waals surface area contributed by atoms with Gasteiger partial charge in [-0.25, -0.2) is 0 Å². The van der Waals surface area contributed by atoms with E-state index in [2.05, 4.69) is 6.92 Å². The van der Waals surface area contributed by atoms with Gasteiger partial charge in [-0.1, -0.05) is 0 Å². The van der Waals surface area contributed by atoms with Crippen molar-refractivity contribution in [3.05, 3.63) is 19.3 Å². The summed E-state index contributed by atoms with van der Waals surface area (Å²) in [7, 11) is 0. The zero-order valence-corrected chi connectivity index (χ0v) is 5.53. The Bertz CT molecular complexity index is 61.5. The number of halogens is 1. The van der Waals surface area contributed by atoms with Crippen LogP contribution in [-0.2, 0) is 4.74 Å². The summed E-state index contributed by atoms with van der Waals surface area (Å²) < 4.78 is 4.90. The molecule has 0 heterocycles. The smallest absolute Gasteiger partial charge is 0.0873 e. The lowest BCUT2D eigenvalue weighted by molar-refractivity contribution is 0.255. The van der Waals surface area contributed by atoms with Gasteiger partial charge in [0, 0.05) is 5.88 Å². The Kier molecular flexibility index (Phi) is 6.68. The Hall–Kier alpha value is -0.170. The van der Waals surface area contributed by atoms with Crippen molar-refractivity contribution >= 4 is 11.6 Å². The zero-order chi connectivity index (χ0) is 6.24. The van der Waals surface area contributed by atoms with Crippen molar-refractivity contribution < 1.29 is 4.74 Å². The van der Waals surface area contributed by atoms with E-state index in [9.17, 15) is 0 Å². The lowest BCUT2D eigenvalue weighted by Crippen LogP contribution is -1.81. The quantitative estimate of drug-likeness (QED) is 0.324. The van der Waals surface area contributed by atoms with Gasteiger partial charge in [0.1, 0.15) is 0 Å². The van der Waals surface area contributed by atoms with Crippen molar-refractivity contribution in [3.8, 4) is 0 Å². The van der Waals surface area contributed by atoms with E-state index >= 15 is 0 Å². The van der Waals surface area contributed by atoms with Gasteiger partial charge in [-0.05, 0) is 19.4 Å². The average molecular weight is 134 g/mol. The molecular formula is C6H10ClO. The van der Waals surface area contributed by atoms with E-state index in [1.807, 2.05) is 0 Å². The van der Waals surface area contributed by atoms with E-state index in [-0.39, 0.29) is 0 Å². The minimum Gasteiger partial charge on any atom is -0.501 e. The molecule has 0 amide bonds. The van der Waals surface area contributed by atoms with Gasteiger partial charge >= 0.3 is 0 Å². The Morgan fingerprint density at radius 3 is 2.88 bits per heavy atom. The molecule has 0 saturated heterocycles. The highest BCUT2D eigenvalue weighted by Gasteiger charge is 1.72. The molecule has 0 aromatic carbocycles. The molecule has 0 aliphatic heterocycles. The lowest BCUT2D eigenvalue weighted by Gasteiger charge is -1.92.